The van der Waals surface area contributed by atoms with Crippen molar-refractivity contribution in [3.63, 3.8) is 0 Å². The van der Waals surface area contributed by atoms with Crippen molar-refractivity contribution in [2.75, 3.05) is 4.90 Å². The van der Waals surface area contributed by atoms with Crippen LogP contribution in [-0.2, 0) is 21.1 Å². The molecule has 0 saturated heterocycles. The Kier molecular flexibility index (Phi) is 9.40. The second kappa shape index (κ2) is 12.7. The van der Waals surface area contributed by atoms with Crippen LogP contribution in [0.3, 0.4) is 0 Å². The van der Waals surface area contributed by atoms with Crippen molar-refractivity contribution < 1.29 is 26.2 Å². The Bertz CT molecular complexity index is 1330. The molecule has 2 aliphatic heterocycles. The Morgan fingerprint density at radius 2 is 1.62 bits per heavy atom. The summed E-state index contributed by atoms with van der Waals surface area (Å²) < 4.78 is 0. The molecule has 3 aromatic rings. The summed E-state index contributed by atoms with van der Waals surface area (Å²) in [5, 5.41) is 21.0. The summed E-state index contributed by atoms with van der Waals surface area (Å²) in [4.78, 5) is 2.28. The molecular weight excluding hydrogens is 661 g/mol. The number of phenols is 1. The van der Waals surface area contributed by atoms with Gasteiger partial charge in [0.2, 0.25) is 0 Å². The summed E-state index contributed by atoms with van der Waals surface area (Å²) in [5.74, 6) is 0.989. The number of hydrogen-bond donors (Lipinski definition) is 1. The van der Waals surface area contributed by atoms with E-state index in [0.29, 0.717) is 11.8 Å². The van der Waals surface area contributed by atoms with E-state index in [9.17, 15) is 5.11 Å². The molecule has 3 aromatic carbocycles. The van der Waals surface area contributed by atoms with Crippen LogP contribution in [0.1, 0.15) is 80.8 Å². The van der Waals surface area contributed by atoms with E-state index in [0.717, 1.165) is 35.4 Å². The van der Waals surface area contributed by atoms with Gasteiger partial charge in [-0.25, -0.2) is 5.70 Å². The van der Waals surface area contributed by atoms with Crippen molar-refractivity contribution in [3.05, 3.63) is 136 Å². The van der Waals surface area contributed by atoms with Crippen molar-refractivity contribution in [2.24, 2.45) is 0 Å². The van der Waals surface area contributed by atoms with Crippen LogP contribution >= 0.6 is 0 Å². The molecule has 4 nitrogen and oxygen atoms in total. The molecule has 0 saturated carbocycles. The van der Waals surface area contributed by atoms with E-state index in [1.807, 2.05) is 48.5 Å². The Labute approximate surface area is 247 Å². The van der Waals surface area contributed by atoms with Crippen LogP contribution in [0.5, 0.6) is 5.75 Å². The number of aromatic hydroxyl groups is 1. The second-order valence-corrected chi connectivity index (χ2v) is 10.6. The van der Waals surface area contributed by atoms with Crippen LogP contribution in [0.4, 0.5) is 5.69 Å². The van der Waals surface area contributed by atoms with Gasteiger partial charge in [-0.15, -0.1) is 54.2 Å². The summed E-state index contributed by atoms with van der Waals surface area (Å²) in [6, 6.07) is 25.5. The maximum absolute atomic E-state index is 10.8. The number of hydrogen-bond acceptors (Lipinski definition) is 2. The van der Waals surface area contributed by atoms with Gasteiger partial charge in [-0.1, -0.05) is 76.6 Å². The summed E-state index contributed by atoms with van der Waals surface area (Å²) >= 11 is 0. The van der Waals surface area contributed by atoms with Crippen molar-refractivity contribution >= 4 is 11.4 Å². The van der Waals surface area contributed by atoms with Crippen molar-refractivity contribution in [2.45, 2.75) is 64.6 Å². The first-order valence-corrected chi connectivity index (χ1v) is 13.6. The van der Waals surface area contributed by atoms with Gasteiger partial charge in [0.05, 0.1) is 0 Å². The molecule has 2 unspecified atom stereocenters. The van der Waals surface area contributed by atoms with Gasteiger partial charge in [-0.05, 0) is 53.4 Å². The molecule has 0 radical (unpaired) electrons. The van der Waals surface area contributed by atoms with Crippen molar-refractivity contribution in [1.82, 2.24) is 0 Å². The summed E-state index contributed by atoms with van der Waals surface area (Å²) in [7, 11) is 0. The van der Waals surface area contributed by atoms with Gasteiger partial charge in [0.1, 0.15) is 5.75 Å². The van der Waals surface area contributed by atoms with Gasteiger partial charge < -0.3 is 20.6 Å². The van der Waals surface area contributed by atoms with Crippen molar-refractivity contribution in [3.8, 4) is 5.75 Å². The quantitative estimate of drug-likeness (QED) is 0.239. The standard InChI is InChI=1S/C34H36N3O.Pt/c1-23(2)28-16-11-17-29(24(3)4)33(28)37-22-27(36-34(37)30-15-8-9-19-32(30)38)21-20-26-14-10-18-31(35-26)25-12-6-5-7-13-25;/h5-12,14-19,22-24,26,34,38H,20-21H2,1-4H3;/q-3;. The van der Waals surface area contributed by atoms with Gasteiger partial charge in [0, 0.05) is 26.8 Å². The molecule has 0 bridgehead atoms. The van der Waals surface area contributed by atoms with Crippen LogP contribution in [0.2, 0.25) is 0 Å². The number of para-hydroxylation sites is 2. The largest absolute Gasteiger partial charge is 0.722 e. The molecule has 5 heteroatoms. The Hall–Kier alpha value is -3.23. The Balaban J connectivity index is 0.00000353. The van der Waals surface area contributed by atoms with Gasteiger partial charge in [-0.3, -0.25) is 0 Å². The van der Waals surface area contributed by atoms with E-state index >= 15 is 0 Å². The molecule has 0 spiro atoms. The van der Waals surface area contributed by atoms with Gasteiger partial charge >= 0.3 is 0 Å². The maximum Gasteiger partial charge on any atom is 0.119 e. The zero-order valence-electron chi connectivity index (χ0n) is 23.0. The first-order valence-electron chi connectivity index (χ1n) is 13.6. The maximum atomic E-state index is 10.8. The number of phenolic OH excluding ortho intramolecular Hbond substituents is 1. The fraction of sp³-hybridized carbons (Fsp3) is 0.294. The topological polar surface area (TPSA) is 51.7 Å². The molecular formula is C34H36N3OPt-3. The van der Waals surface area contributed by atoms with E-state index in [2.05, 4.69) is 75.2 Å². The van der Waals surface area contributed by atoms with E-state index in [1.54, 1.807) is 6.07 Å². The van der Waals surface area contributed by atoms with Gasteiger partial charge in [0.15, 0.2) is 0 Å². The predicted molar refractivity (Wildman–Crippen MR) is 158 cm³/mol. The molecule has 0 aliphatic carbocycles. The first-order chi connectivity index (χ1) is 18.4. The molecule has 0 fully saturated rings. The van der Waals surface area contributed by atoms with E-state index < -0.39 is 0 Å². The average Bonchev–Trinajstić information content (AvgIpc) is 3.36. The van der Waals surface area contributed by atoms with E-state index in [-0.39, 0.29) is 39.0 Å². The fourth-order valence-corrected chi connectivity index (χ4v) is 5.24. The number of benzene rings is 3. The van der Waals surface area contributed by atoms with Crippen molar-refractivity contribution in [1.29, 1.82) is 0 Å². The molecule has 2 heterocycles. The van der Waals surface area contributed by atoms with Gasteiger partial charge in [0.25, 0.3) is 0 Å². The van der Waals surface area contributed by atoms with Crippen LogP contribution in [0.15, 0.2) is 96.9 Å². The third-order valence-corrected chi connectivity index (χ3v) is 7.23. The molecule has 39 heavy (non-hydrogen) atoms. The molecule has 1 N–H and O–H groups in total. The van der Waals surface area contributed by atoms with Crippen LogP contribution in [0.25, 0.3) is 16.3 Å². The monoisotopic (exact) mass is 697 g/mol. The Morgan fingerprint density at radius 3 is 2.28 bits per heavy atom. The minimum atomic E-state index is -0.309. The molecule has 2 aliphatic rings. The average molecular weight is 698 g/mol. The summed E-state index contributed by atoms with van der Waals surface area (Å²) in [6.07, 6.45) is 9.85. The third-order valence-electron chi connectivity index (χ3n) is 7.23. The number of anilines is 1. The first kappa shape index (κ1) is 28.8. The Morgan fingerprint density at radius 1 is 0.897 bits per heavy atom. The summed E-state index contributed by atoms with van der Waals surface area (Å²) in [5.41, 5.74) is 7.63. The normalized spacial score (nSPS) is 18.4. The van der Waals surface area contributed by atoms with Crippen LogP contribution in [-0.4, -0.2) is 11.1 Å². The van der Waals surface area contributed by atoms with Crippen LogP contribution < -0.4 is 4.90 Å². The molecule has 2 atom stereocenters. The number of nitrogens with zero attached hydrogens (tertiary/aromatic N) is 3. The summed E-state index contributed by atoms with van der Waals surface area (Å²) in [6.45, 7) is 8.95. The zero-order valence-corrected chi connectivity index (χ0v) is 25.3. The van der Waals surface area contributed by atoms with Gasteiger partial charge in [-0.2, -0.15) is 5.56 Å². The second-order valence-electron chi connectivity index (χ2n) is 10.6. The molecule has 206 valence electrons. The minimum Gasteiger partial charge on any atom is -0.722 e. The zero-order chi connectivity index (χ0) is 26.6. The molecule has 0 aromatic heterocycles. The van der Waals surface area contributed by atoms with E-state index in [1.165, 1.54) is 16.8 Å². The minimum absolute atomic E-state index is 0. The number of allylic oxidation sites excluding steroid dienone is 3. The molecule has 0 amide bonds. The number of rotatable bonds is 8. The smallest absolute Gasteiger partial charge is 0.119 e. The third kappa shape index (κ3) is 6.33. The SMILES string of the molecule is CC(C)c1cccc(C(C)C)c1N1C=C(CCC2C=CC=C(c3[c-]cccc3)[N-]2)[N-]C1c1ccccc1O.[Pt]. The predicted octanol–water partition coefficient (Wildman–Crippen LogP) is 9.30. The van der Waals surface area contributed by atoms with E-state index in [4.69, 9.17) is 10.6 Å². The molecule has 5 rings (SSSR count). The van der Waals surface area contributed by atoms with Crippen LogP contribution in [0, 0.1) is 6.07 Å². The fourth-order valence-electron chi connectivity index (χ4n) is 5.24.